The fourth-order valence-electron chi connectivity index (χ4n) is 2.31. The molecule has 0 saturated heterocycles. The van der Waals surface area contributed by atoms with Gasteiger partial charge < -0.3 is 10.4 Å². The van der Waals surface area contributed by atoms with Crippen molar-refractivity contribution in [2.75, 3.05) is 6.61 Å². The van der Waals surface area contributed by atoms with E-state index in [1.54, 1.807) is 7.05 Å². The van der Waals surface area contributed by atoms with Crippen molar-refractivity contribution in [1.82, 2.24) is 15.1 Å². The van der Waals surface area contributed by atoms with Gasteiger partial charge in [0.15, 0.2) is 0 Å². The van der Waals surface area contributed by atoms with Crippen molar-refractivity contribution in [1.29, 1.82) is 0 Å². The summed E-state index contributed by atoms with van der Waals surface area (Å²) in [5, 5.41) is 15.7. The van der Waals surface area contributed by atoms with Crippen LogP contribution in [-0.2, 0) is 7.05 Å². The van der Waals surface area contributed by atoms with E-state index in [1.165, 1.54) is 16.9 Å². The van der Waals surface area contributed by atoms with Gasteiger partial charge in [-0.1, -0.05) is 0 Å². The van der Waals surface area contributed by atoms with Crippen LogP contribution in [0.3, 0.4) is 0 Å². The first-order valence-electron chi connectivity index (χ1n) is 7.33. The fraction of sp³-hybridized carbons (Fsp3) is 0.375. The Balaban J connectivity index is 2.28. The van der Waals surface area contributed by atoms with Gasteiger partial charge in [-0.15, -0.1) is 0 Å². The predicted molar refractivity (Wildman–Crippen MR) is 81.8 cm³/mol. The zero-order valence-corrected chi connectivity index (χ0v) is 13.0. The molecule has 1 amide bonds. The van der Waals surface area contributed by atoms with E-state index in [1.807, 2.05) is 6.92 Å². The Morgan fingerprint density at radius 1 is 1.43 bits per heavy atom. The number of carbonyl (C=O) groups is 1. The molecular formula is C16H19F2N3O2. The van der Waals surface area contributed by atoms with Gasteiger partial charge >= 0.3 is 0 Å². The predicted octanol–water partition coefficient (Wildman–Crippen LogP) is 2.26. The second-order valence-corrected chi connectivity index (χ2v) is 5.43. The first kappa shape index (κ1) is 17.1. The number of hydrogen-bond donors (Lipinski definition) is 2. The molecule has 124 valence electrons. The molecule has 1 aromatic carbocycles. The number of nitrogens with one attached hydrogen (secondary N) is 1. The van der Waals surface area contributed by atoms with Gasteiger partial charge in [-0.25, -0.2) is 8.78 Å². The van der Waals surface area contributed by atoms with Crippen molar-refractivity contribution in [2.24, 2.45) is 7.05 Å². The van der Waals surface area contributed by atoms with Crippen molar-refractivity contribution in [3.05, 3.63) is 41.6 Å². The molecule has 1 aromatic heterocycles. The molecule has 0 aliphatic carbocycles. The number of aliphatic hydroxyl groups is 1. The van der Waals surface area contributed by atoms with Crippen LogP contribution in [0.5, 0.6) is 0 Å². The molecule has 2 rings (SSSR count). The van der Waals surface area contributed by atoms with Crippen LogP contribution in [-0.4, -0.2) is 33.4 Å². The zero-order chi connectivity index (χ0) is 17.0. The van der Waals surface area contributed by atoms with Crippen LogP contribution in [0.25, 0.3) is 11.3 Å². The van der Waals surface area contributed by atoms with Crippen LogP contribution >= 0.6 is 0 Å². The van der Waals surface area contributed by atoms with Gasteiger partial charge in [0.1, 0.15) is 17.3 Å². The molecule has 7 heteroatoms. The lowest BCUT2D eigenvalue weighted by molar-refractivity contribution is 0.0937. The highest BCUT2D eigenvalue weighted by Crippen LogP contribution is 2.25. The van der Waals surface area contributed by atoms with E-state index in [9.17, 15) is 13.6 Å². The summed E-state index contributed by atoms with van der Waals surface area (Å²) in [7, 11) is 1.62. The third-order valence-electron chi connectivity index (χ3n) is 3.43. The first-order valence-corrected chi connectivity index (χ1v) is 7.33. The molecule has 0 spiro atoms. The maximum absolute atomic E-state index is 14.0. The topological polar surface area (TPSA) is 67.2 Å². The number of benzene rings is 1. The van der Waals surface area contributed by atoms with E-state index in [0.29, 0.717) is 12.8 Å². The Kier molecular flexibility index (Phi) is 5.44. The molecule has 1 heterocycles. The van der Waals surface area contributed by atoms with Crippen LogP contribution in [0.4, 0.5) is 8.78 Å². The van der Waals surface area contributed by atoms with E-state index in [0.717, 1.165) is 12.1 Å². The quantitative estimate of drug-likeness (QED) is 0.857. The summed E-state index contributed by atoms with van der Waals surface area (Å²) in [5.74, 6) is -1.85. The van der Waals surface area contributed by atoms with Gasteiger partial charge in [0, 0.05) is 37.5 Å². The normalized spacial score (nSPS) is 12.2. The maximum Gasteiger partial charge on any atom is 0.255 e. The van der Waals surface area contributed by atoms with Crippen molar-refractivity contribution in [3.8, 4) is 11.3 Å². The number of amides is 1. The summed E-state index contributed by atoms with van der Waals surface area (Å²) in [6.45, 7) is 1.88. The van der Waals surface area contributed by atoms with Crippen molar-refractivity contribution in [2.45, 2.75) is 25.8 Å². The van der Waals surface area contributed by atoms with Gasteiger partial charge in [0.25, 0.3) is 5.91 Å². The lowest BCUT2D eigenvalue weighted by Crippen LogP contribution is -2.32. The molecule has 23 heavy (non-hydrogen) atoms. The van der Waals surface area contributed by atoms with E-state index < -0.39 is 11.6 Å². The first-order chi connectivity index (χ1) is 10.9. The number of aromatic nitrogens is 2. The third-order valence-corrected chi connectivity index (χ3v) is 3.43. The van der Waals surface area contributed by atoms with Gasteiger partial charge in [0.05, 0.1) is 5.56 Å². The number of halogens is 2. The fourth-order valence-corrected chi connectivity index (χ4v) is 2.31. The molecule has 2 N–H and O–H groups in total. The summed E-state index contributed by atoms with van der Waals surface area (Å²) >= 11 is 0. The second-order valence-electron chi connectivity index (χ2n) is 5.43. The molecular weight excluding hydrogens is 304 g/mol. The summed E-state index contributed by atoms with van der Waals surface area (Å²) < 4.78 is 28.4. The van der Waals surface area contributed by atoms with Crippen LogP contribution < -0.4 is 5.32 Å². The Morgan fingerprint density at radius 2 is 2.17 bits per heavy atom. The summed E-state index contributed by atoms with van der Waals surface area (Å²) in [5.41, 5.74) is 0.450. The molecule has 5 nitrogen and oxygen atoms in total. The molecule has 1 unspecified atom stereocenters. The number of aliphatic hydroxyl groups excluding tert-OH is 1. The third kappa shape index (κ3) is 4.13. The Labute approximate surface area is 132 Å². The van der Waals surface area contributed by atoms with Crippen LogP contribution in [0.2, 0.25) is 0 Å². The molecule has 0 aliphatic heterocycles. The summed E-state index contributed by atoms with van der Waals surface area (Å²) in [6, 6.07) is 3.01. The van der Waals surface area contributed by atoms with E-state index in [4.69, 9.17) is 5.11 Å². The molecule has 0 aliphatic rings. The molecule has 1 atom stereocenters. The van der Waals surface area contributed by atoms with Gasteiger partial charge in [-0.3, -0.25) is 9.48 Å². The number of aryl methyl sites for hydroxylation is 1. The van der Waals surface area contributed by atoms with Gasteiger partial charge in [-0.2, -0.15) is 5.10 Å². The maximum atomic E-state index is 14.0. The zero-order valence-electron chi connectivity index (χ0n) is 13.0. The molecule has 0 radical (unpaired) electrons. The van der Waals surface area contributed by atoms with E-state index in [2.05, 4.69) is 10.4 Å². The molecule has 0 bridgehead atoms. The number of nitrogens with zero attached hydrogens (tertiary/aromatic N) is 2. The highest BCUT2D eigenvalue weighted by molar-refractivity contribution is 6.00. The number of rotatable bonds is 6. The average molecular weight is 323 g/mol. The standard InChI is InChI=1S/C16H19F2N3O2/c1-10(4-3-7-22)19-16(23)13-9-21(2)20-15(13)12-6-5-11(17)8-14(12)18/h5-6,8-10,22H,3-4,7H2,1-2H3,(H,19,23). The van der Waals surface area contributed by atoms with Gasteiger partial charge in [-0.05, 0) is 31.9 Å². The largest absolute Gasteiger partial charge is 0.396 e. The Hall–Kier alpha value is -2.28. The number of carbonyl (C=O) groups excluding carboxylic acids is 1. The van der Waals surface area contributed by atoms with E-state index >= 15 is 0 Å². The minimum Gasteiger partial charge on any atom is -0.396 e. The smallest absolute Gasteiger partial charge is 0.255 e. The monoisotopic (exact) mass is 323 g/mol. The van der Waals surface area contributed by atoms with Crippen molar-refractivity contribution >= 4 is 5.91 Å². The molecule has 0 saturated carbocycles. The Bertz CT molecular complexity index is 701. The van der Waals surface area contributed by atoms with Crippen LogP contribution in [0, 0.1) is 11.6 Å². The summed E-state index contributed by atoms with van der Waals surface area (Å²) in [4.78, 5) is 12.4. The highest BCUT2D eigenvalue weighted by Gasteiger charge is 2.21. The minimum absolute atomic E-state index is 0.0547. The lowest BCUT2D eigenvalue weighted by atomic mass is 10.1. The average Bonchev–Trinajstić information content (AvgIpc) is 2.87. The molecule has 2 aromatic rings. The van der Waals surface area contributed by atoms with Crippen molar-refractivity contribution in [3.63, 3.8) is 0 Å². The van der Waals surface area contributed by atoms with Gasteiger partial charge in [0.2, 0.25) is 0 Å². The minimum atomic E-state index is -0.772. The summed E-state index contributed by atoms with van der Waals surface area (Å²) in [6.07, 6.45) is 2.70. The second kappa shape index (κ2) is 7.32. The molecule has 0 fully saturated rings. The Morgan fingerprint density at radius 3 is 2.83 bits per heavy atom. The highest BCUT2D eigenvalue weighted by atomic mass is 19.1. The van der Waals surface area contributed by atoms with E-state index in [-0.39, 0.29) is 35.4 Å². The SMILES string of the molecule is CC(CCCO)NC(=O)c1cn(C)nc1-c1ccc(F)cc1F. The van der Waals surface area contributed by atoms with Crippen LogP contribution in [0.15, 0.2) is 24.4 Å². The number of hydrogen-bond acceptors (Lipinski definition) is 3. The lowest BCUT2D eigenvalue weighted by Gasteiger charge is -2.13. The van der Waals surface area contributed by atoms with Crippen LogP contribution in [0.1, 0.15) is 30.1 Å². The van der Waals surface area contributed by atoms with Crippen molar-refractivity contribution < 1.29 is 18.7 Å².